The third-order valence-electron chi connectivity index (χ3n) is 3.45. The van der Waals surface area contributed by atoms with Crippen LogP contribution in [0.4, 0.5) is 0 Å². The van der Waals surface area contributed by atoms with Gasteiger partial charge in [0.05, 0.1) is 26.4 Å². The zero-order valence-corrected chi connectivity index (χ0v) is 11.3. The lowest BCUT2D eigenvalue weighted by Crippen LogP contribution is -2.40. The van der Waals surface area contributed by atoms with Gasteiger partial charge in [-0.1, -0.05) is 17.3 Å². The van der Waals surface area contributed by atoms with Gasteiger partial charge < -0.3 is 9.47 Å². The molecule has 1 atom stereocenters. The van der Waals surface area contributed by atoms with Gasteiger partial charge in [-0.15, -0.1) is 10.2 Å². The van der Waals surface area contributed by atoms with E-state index in [2.05, 4.69) is 25.5 Å². The molecule has 1 aliphatic rings. The third kappa shape index (κ3) is 2.63. The molecule has 1 saturated heterocycles. The molecule has 0 spiro atoms. The Kier molecular flexibility index (Phi) is 3.89. The summed E-state index contributed by atoms with van der Waals surface area (Å²) in [5.74, 6) is 1.51. The highest BCUT2D eigenvalue weighted by Crippen LogP contribution is 2.27. The number of nitrogens with one attached hydrogen (secondary N) is 1. The van der Waals surface area contributed by atoms with E-state index in [1.54, 1.807) is 7.11 Å². The standard InChI is InChI=1S/C13H17N5O2/c1-19-11-4-2-10(3-5-11)12(13-14-16-17-15-13)18-6-8-20-9-7-18/h2-5,12H,6-9H2,1H3,(H,14,15,16,17). The predicted octanol–water partition coefficient (Wildman–Crippen LogP) is 0.630. The maximum Gasteiger partial charge on any atom is 0.196 e. The van der Waals surface area contributed by atoms with Crippen molar-refractivity contribution in [2.24, 2.45) is 0 Å². The van der Waals surface area contributed by atoms with E-state index in [4.69, 9.17) is 9.47 Å². The van der Waals surface area contributed by atoms with Crippen LogP contribution < -0.4 is 4.74 Å². The second-order valence-corrected chi connectivity index (χ2v) is 4.59. The third-order valence-corrected chi connectivity index (χ3v) is 3.45. The van der Waals surface area contributed by atoms with Crippen LogP contribution in [0.1, 0.15) is 17.4 Å². The summed E-state index contributed by atoms with van der Waals surface area (Å²) in [6.07, 6.45) is 0. The Labute approximate surface area is 116 Å². The number of benzene rings is 1. The fourth-order valence-electron chi connectivity index (χ4n) is 2.43. The van der Waals surface area contributed by atoms with E-state index >= 15 is 0 Å². The summed E-state index contributed by atoms with van der Waals surface area (Å²) in [4.78, 5) is 2.30. The number of methoxy groups -OCH3 is 1. The lowest BCUT2D eigenvalue weighted by atomic mass is 10.0. The van der Waals surface area contributed by atoms with Crippen LogP contribution in [-0.4, -0.2) is 58.9 Å². The van der Waals surface area contributed by atoms with Crippen molar-refractivity contribution >= 4 is 0 Å². The first kappa shape index (κ1) is 13.0. The molecule has 2 heterocycles. The van der Waals surface area contributed by atoms with Crippen LogP contribution in [0.5, 0.6) is 5.75 Å². The summed E-state index contributed by atoms with van der Waals surface area (Å²) in [5, 5.41) is 14.5. The molecule has 0 saturated carbocycles. The van der Waals surface area contributed by atoms with E-state index in [1.165, 1.54) is 0 Å². The van der Waals surface area contributed by atoms with Gasteiger partial charge in [-0.2, -0.15) is 5.21 Å². The van der Waals surface area contributed by atoms with Crippen LogP contribution in [0.25, 0.3) is 0 Å². The maximum atomic E-state index is 5.41. The number of hydrogen-bond acceptors (Lipinski definition) is 6. The molecule has 0 amide bonds. The first-order chi connectivity index (χ1) is 9.88. The van der Waals surface area contributed by atoms with Gasteiger partial charge >= 0.3 is 0 Å². The van der Waals surface area contributed by atoms with Crippen LogP contribution in [0.2, 0.25) is 0 Å². The number of morpholine rings is 1. The largest absolute Gasteiger partial charge is 0.497 e. The summed E-state index contributed by atoms with van der Waals surface area (Å²) in [5.41, 5.74) is 1.12. The average Bonchev–Trinajstić information content (AvgIpc) is 3.03. The monoisotopic (exact) mass is 275 g/mol. The van der Waals surface area contributed by atoms with Crippen LogP contribution in [-0.2, 0) is 4.74 Å². The van der Waals surface area contributed by atoms with Gasteiger partial charge in [0.2, 0.25) is 0 Å². The van der Waals surface area contributed by atoms with Gasteiger partial charge in [0, 0.05) is 13.1 Å². The number of tetrazole rings is 1. The Morgan fingerprint density at radius 1 is 1.25 bits per heavy atom. The number of aromatic nitrogens is 4. The van der Waals surface area contributed by atoms with Gasteiger partial charge in [-0.25, -0.2) is 0 Å². The molecule has 106 valence electrons. The highest BCUT2D eigenvalue weighted by atomic mass is 16.5. The molecule has 1 aliphatic heterocycles. The van der Waals surface area contributed by atoms with Crippen LogP contribution >= 0.6 is 0 Å². The predicted molar refractivity (Wildman–Crippen MR) is 71.4 cm³/mol. The van der Waals surface area contributed by atoms with Crippen molar-refractivity contribution in [3.63, 3.8) is 0 Å². The number of nitrogens with zero attached hydrogens (tertiary/aromatic N) is 4. The molecule has 0 aliphatic carbocycles. The molecule has 1 aromatic heterocycles. The summed E-state index contributed by atoms with van der Waals surface area (Å²) in [6, 6.07) is 7.96. The lowest BCUT2D eigenvalue weighted by Gasteiger charge is -2.32. The molecule has 0 radical (unpaired) electrons. The second kappa shape index (κ2) is 5.98. The van der Waals surface area contributed by atoms with Crippen molar-refractivity contribution in [2.75, 3.05) is 33.4 Å². The molecule has 3 rings (SSSR count). The molecule has 0 bridgehead atoms. The normalized spacial score (nSPS) is 17.9. The van der Waals surface area contributed by atoms with Gasteiger partial charge in [0.15, 0.2) is 5.82 Å². The zero-order valence-electron chi connectivity index (χ0n) is 11.3. The van der Waals surface area contributed by atoms with Crippen molar-refractivity contribution in [3.8, 4) is 5.75 Å². The summed E-state index contributed by atoms with van der Waals surface area (Å²) >= 11 is 0. The molecule has 7 heteroatoms. The number of hydrogen-bond donors (Lipinski definition) is 1. The van der Waals surface area contributed by atoms with Crippen molar-refractivity contribution in [2.45, 2.75) is 6.04 Å². The van der Waals surface area contributed by atoms with E-state index < -0.39 is 0 Å². The molecular weight excluding hydrogens is 258 g/mol. The minimum atomic E-state index is -0.0106. The molecule has 1 fully saturated rings. The second-order valence-electron chi connectivity index (χ2n) is 4.59. The van der Waals surface area contributed by atoms with E-state index in [9.17, 15) is 0 Å². The van der Waals surface area contributed by atoms with Crippen LogP contribution in [0.3, 0.4) is 0 Å². The number of ether oxygens (including phenoxy) is 2. The zero-order chi connectivity index (χ0) is 13.8. The highest BCUT2D eigenvalue weighted by molar-refractivity contribution is 5.31. The molecule has 7 nitrogen and oxygen atoms in total. The highest BCUT2D eigenvalue weighted by Gasteiger charge is 2.27. The summed E-state index contributed by atoms with van der Waals surface area (Å²) in [6.45, 7) is 3.16. The Morgan fingerprint density at radius 2 is 2.00 bits per heavy atom. The number of H-pyrrole nitrogens is 1. The van der Waals surface area contributed by atoms with Gasteiger partial charge in [0.1, 0.15) is 5.75 Å². The fraction of sp³-hybridized carbons (Fsp3) is 0.462. The van der Waals surface area contributed by atoms with Crippen molar-refractivity contribution < 1.29 is 9.47 Å². The van der Waals surface area contributed by atoms with E-state index in [0.29, 0.717) is 5.82 Å². The fourth-order valence-corrected chi connectivity index (χ4v) is 2.43. The topological polar surface area (TPSA) is 76.2 Å². The quantitative estimate of drug-likeness (QED) is 0.882. The van der Waals surface area contributed by atoms with E-state index in [0.717, 1.165) is 37.6 Å². The first-order valence-electron chi connectivity index (χ1n) is 6.57. The minimum Gasteiger partial charge on any atom is -0.497 e. The van der Waals surface area contributed by atoms with Crippen molar-refractivity contribution in [1.82, 2.24) is 25.5 Å². The Hall–Kier alpha value is -1.99. The molecule has 20 heavy (non-hydrogen) atoms. The molecule has 1 N–H and O–H groups in total. The number of rotatable bonds is 4. The molecule has 1 aromatic carbocycles. The molecule has 1 unspecified atom stereocenters. The number of aromatic amines is 1. The average molecular weight is 275 g/mol. The Balaban J connectivity index is 1.91. The summed E-state index contributed by atoms with van der Waals surface area (Å²) in [7, 11) is 1.66. The van der Waals surface area contributed by atoms with E-state index in [1.807, 2.05) is 24.3 Å². The van der Waals surface area contributed by atoms with Crippen molar-refractivity contribution in [1.29, 1.82) is 0 Å². The molecule has 2 aromatic rings. The SMILES string of the molecule is COc1ccc(C(c2nn[nH]n2)N2CCOCC2)cc1. The Bertz CT molecular complexity index is 522. The Morgan fingerprint density at radius 3 is 2.60 bits per heavy atom. The molecular formula is C13H17N5O2. The summed E-state index contributed by atoms with van der Waals surface area (Å²) < 4.78 is 10.6. The van der Waals surface area contributed by atoms with Gasteiger partial charge in [-0.05, 0) is 17.7 Å². The van der Waals surface area contributed by atoms with Crippen molar-refractivity contribution in [3.05, 3.63) is 35.7 Å². The van der Waals surface area contributed by atoms with Crippen LogP contribution in [0.15, 0.2) is 24.3 Å². The van der Waals surface area contributed by atoms with Crippen LogP contribution in [0, 0.1) is 0 Å². The maximum absolute atomic E-state index is 5.41. The lowest BCUT2D eigenvalue weighted by molar-refractivity contribution is 0.0224. The van der Waals surface area contributed by atoms with E-state index in [-0.39, 0.29) is 6.04 Å². The van der Waals surface area contributed by atoms with Gasteiger partial charge in [-0.3, -0.25) is 4.90 Å². The minimum absolute atomic E-state index is 0.0106. The first-order valence-corrected chi connectivity index (χ1v) is 6.57. The van der Waals surface area contributed by atoms with Gasteiger partial charge in [0.25, 0.3) is 0 Å². The smallest absolute Gasteiger partial charge is 0.196 e.